The lowest BCUT2D eigenvalue weighted by Crippen LogP contribution is -2.13. The average Bonchev–Trinajstić information content (AvgIpc) is 2.76. The van der Waals surface area contributed by atoms with Gasteiger partial charge < -0.3 is 20.1 Å². The number of ether oxygens (including phenoxy) is 1. The van der Waals surface area contributed by atoms with E-state index in [1.54, 1.807) is 30.8 Å². The molecule has 0 aliphatic carbocycles. The van der Waals surface area contributed by atoms with Crippen LogP contribution in [0.4, 0.5) is 4.39 Å². The van der Waals surface area contributed by atoms with Crippen LogP contribution in [0.5, 0.6) is 11.5 Å². The summed E-state index contributed by atoms with van der Waals surface area (Å²) in [6.45, 7) is 5.13. The van der Waals surface area contributed by atoms with Crippen LogP contribution in [0.15, 0.2) is 35.2 Å². The second kappa shape index (κ2) is 12.6. The number of carboxylic acids is 1. The number of aliphatic carboxylic acids is 1. The number of carbonyl (C=O) groups is 2. The second-order valence-electron chi connectivity index (χ2n) is 8.01. The fourth-order valence-corrected chi connectivity index (χ4v) is 4.31. The number of phenols is 1. The number of aliphatic hydroxyl groups is 1. The van der Waals surface area contributed by atoms with E-state index >= 15 is 0 Å². The smallest absolute Gasteiger partial charge is 0.303 e. The van der Waals surface area contributed by atoms with Crippen LogP contribution in [0.2, 0.25) is 0 Å². The van der Waals surface area contributed by atoms with E-state index in [0.29, 0.717) is 36.1 Å². The SMILES string of the molecule is CCCc1c(O)c(C(C)=O)cc(F)c1OCCCSc1ccc(C(O)C(C)CC(=O)O)cc1. The molecule has 33 heavy (non-hydrogen) atoms. The van der Waals surface area contributed by atoms with Gasteiger partial charge in [-0.3, -0.25) is 9.59 Å². The van der Waals surface area contributed by atoms with Crippen molar-refractivity contribution < 1.29 is 34.0 Å². The summed E-state index contributed by atoms with van der Waals surface area (Å²) >= 11 is 1.58. The van der Waals surface area contributed by atoms with Crippen LogP contribution in [0.25, 0.3) is 0 Å². The summed E-state index contributed by atoms with van der Waals surface area (Å²) < 4.78 is 20.2. The van der Waals surface area contributed by atoms with Crippen LogP contribution in [0.1, 0.15) is 67.6 Å². The van der Waals surface area contributed by atoms with E-state index in [1.165, 1.54) is 6.92 Å². The minimum Gasteiger partial charge on any atom is -0.507 e. The van der Waals surface area contributed by atoms with Crippen LogP contribution < -0.4 is 4.74 Å². The van der Waals surface area contributed by atoms with Gasteiger partial charge in [0, 0.05) is 16.2 Å². The minimum atomic E-state index is -0.942. The maximum absolute atomic E-state index is 14.5. The highest BCUT2D eigenvalue weighted by atomic mass is 32.2. The summed E-state index contributed by atoms with van der Waals surface area (Å²) in [6.07, 6.45) is 0.752. The third-order valence-electron chi connectivity index (χ3n) is 5.24. The predicted molar refractivity (Wildman–Crippen MR) is 126 cm³/mol. The predicted octanol–water partition coefficient (Wildman–Crippen LogP) is 5.39. The summed E-state index contributed by atoms with van der Waals surface area (Å²) in [5.74, 6) is -1.89. The molecule has 6 nitrogen and oxygen atoms in total. The van der Waals surface area contributed by atoms with Crippen molar-refractivity contribution in [2.24, 2.45) is 5.92 Å². The van der Waals surface area contributed by atoms with Crippen LogP contribution in [-0.2, 0) is 11.2 Å². The number of hydrogen-bond donors (Lipinski definition) is 3. The van der Waals surface area contributed by atoms with E-state index in [1.807, 2.05) is 19.1 Å². The lowest BCUT2D eigenvalue weighted by molar-refractivity contribution is -0.139. The van der Waals surface area contributed by atoms with E-state index in [2.05, 4.69) is 0 Å². The Balaban J connectivity index is 1.90. The summed E-state index contributed by atoms with van der Waals surface area (Å²) in [7, 11) is 0. The number of Topliss-reactive ketones (excluding diaryl/α,β-unsaturated/α-hetero) is 1. The van der Waals surface area contributed by atoms with Gasteiger partial charge in [0.1, 0.15) is 5.75 Å². The lowest BCUT2D eigenvalue weighted by atomic mass is 9.95. The Labute approximate surface area is 197 Å². The number of carbonyl (C=O) groups excluding carboxylic acids is 1. The lowest BCUT2D eigenvalue weighted by Gasteiger charge is -2.17. The molecule has 0 aromatic heterocycles. The zero-order chi connectivity index (χ0) is 24.5. The monoisotopic (exact) mass is 478 g/mol. The van der Waals surface area contributed by atoms with E-state index in [9.17, 15) is 24.2 Å². The molecule has 0 fully saturated rings. The van der Waals surface area contributed by atoms with E-state index in [-0.39, 0.29) is 36.0 Å². The van der Waals surface area contributed by atoms with Gasteiger partial charge in [0.2, 0.25) is 0 Å². The molecule has 8 heteroatoms. The van der Waals surface area contributed by atoms with Gasteiger partial charge in [-0.1, -0.05) is 32.4 Å². The molecule has 2 rings (SSSR count). The largest absolute Gasteiger partial charge is 0.507 e. The number of hydrogen-bond acceptors (Lipinski definition) is 6. The first-order valence-electron chi connectivity index (χ1n) is 11.0. The molecule has 2 aromatic rings. The highest BCUT2D eigenvalue weighted by Crippen LogP contribution is 2.36. The fourth-order valence-electron chi connectivity index (χ4n) is 3.48. The van der Waals surface area contributed by atoms with Crippen LogP contribution >= 0.6 is 11.8 Å². The van der Waals surface area contributed by atoms with Gasteiger partial charge >= 0.3 is 5.97 Å². The van der Waals surface area contributed by atoms with Crippen molar-refractivity contribution in [3.8, 4) is 11.5 Å². The number of aliphatic hydroxyl groups excluding tert-OH is 1. The third-order valence-corrected chi connectivity index (χ3v) is 6.34. The molecule has 0 amide bonds. The normalized spacial score (nSPS) is 12.9. The van der Waals surface area contributed by atoms with Gasteiger partial charge in [-0.15, -0.1) is 11.8 Å². The quantitative estimate of drug-likeness (QED) is 0.201. The van der Waals surface area contributed by atoms with Gasteiger partial charge in [0.15, 0.2) is 17.3 Å². The van der Waals surface area contributed by atoms with Crippen molar-refractivity contribution in [1.82, 2.24) is 0 Å². The molecule has 2 atom stereocenters. The zero-order valence-corrected chi connectivity index (χ0v) is 20.0. The third kappa shape index (κ3) is 7.47. The van der Waals surface area contributed by atoms with Crippen molar-refractivity contribution in [1.29, 1.82) is 0 Å². The molecule has 0 radical (unpaired) electrons. The minimum absolute atomic E-state index is 0.00169. The number of thioether (sulfide) groups is 1. The summed E-state index contributed by atoms with van der Waals surface area (Å²) in [6, 6.07) is 8.33. The van der Waals surface area contributed by atoms with Crippen molar-refractivity contribution in [2.45, 2.75) is 57.5 Å². The molecule has 2 unspecified atom stereocenters. The second-order valence-corrected chi connectivity index (χ2v) is 9.18. The van der Waals surface area contributed by atoms with E-state index in [4.69, 9.17) is 9.84 Å². The Morgan fingerprint density at radius 2 is 1.88 bits per heavy atom. The van der Waals surface area contributed by atoms with Crippen LogP contribution in [0, 0.1) is 11.7 Å². The Hall–Kier alpha value is -2.58. The molecule has 0 heterocycles. The highest BCUT2D eigenvalue weighted by molar-refractivity contribution is 7.99. The first kappa shape index (κ1) is 26.7. The zero-order valence-electron chi connectivity index (χ0n) is 19.1. The van der Waals surface area contributed by atoms with Gasteiger partial charge in [0.05, 0.1) is 24.7 Å². The summed E-state index contributed by atoms with van der Waals surface area (Å²) in [5, 5.41) is 29.5. The summed E-state index contributed by atoms with van der Waals surface area (Å²) in [4.78, 5) is 23.4. The van der Waals surface area contributed by atoms with Crippen molar-refractivity contribution >= 4 is 23.5 Å². The molecule has 0 aliphatic heterocycles. The van der Waals surface area contributed by atoms with Gasteiger partial charge in [-0.2, -0.15) is 0 Å². The topological polar surface area (TPSA) is 104 Å². The van der Waals surface area contributed by atoms with E-state index in [0.717, 1.165) is 11.0 Å². The molecule has 2 aromatic carbocycles. The first-order chi connectivity index (χ1) is 15.6. The highest BCUT2D eigenvalue weighted by Gasteiger charge is 2.21. The Morgan fingerprint density at radius 3 is 2.45 bits per heavy atom. The van der Waals surface area contributed by atoms with Crippen molar-refractivity contribution in [3.63, 3.8) is 0 Å². The Kier molecular flexibility index (Phi) is 10.2. The number of ketones is 1. The van der Waals surface area contributed by atoms with Gasteiger partial charge in [-0.25, -0.2) is 4.39 Å². The fraction of sp³-hybridized carbons (Fsp3) is 0.440. The average molecular weight is 479 g/mol. The molecule has 0 aliphatic rings. The molecular formula is C25H31FO6S. The number of aromatic hydroxyl groups is 1. The Morgan fingerprint density at radius 1 is 1.21 bits per heavy atom. The number of benzene rings is 2. The van der Waals surface area contributed by atoms with Crippen LogP contribution in [0.3, 0.4) is 0 Å². The molecular weight excluding hydrogens is 447 g/mol. The van der Waals surface area contributed by atoms with Crippen molar-refractivity contribution in [3.05, 3.63) is 52.8 Å². The van der Waals surface area contributed by atoms with Crippen LogP contribution in [-0.4, -0.2) is 39.4 Å². The number of carboxylic acid groups (broad SMARTS) is 1. The standard InChI is InChI=1S/C25H31FO6S/c1-4-6-19-24(31)20(16(3)27)14-21(26)25(19)32-11-5-12-33-18-9-7-17(8-10-18)23(30)15(2)13-22(28)29/h7-10,14-15,23,30-31H,4-6,11-13H2,1-3H3,(H,28,29). The molecule has 0 saturated heterocycles. The Bertz CT molecular complexity index is 960. The number of rotatable bonds is 13. The number of phenolic OH excluding ortho intramolecular Hbond substituents is 1. The molecule has 0 saturated carbocycles. The van der Waals surface area contributed by atoms with E-state index < -0.39 is 23.7 Å². The van der Waals surface area contributed by atoms with Crippen molar-refractivity contribution in [2.75, 3.05) is 12.4 Å². The van der Waals surface area contributed by atoms with Gasteiger partial charge in [0.25, 0.3) is 0 Å². The molecule has 3 N–H and O–H groups in total. The maximum atomic E-state index is 14.5. The number of halogens is 1. The van der Waals surface area contributed by atoms with Gasteiger partial charge in [-0.05, 0) is 49.4 Å². The molecule has 0 bridgehead atoms. The summed E-state index contributed by atoms with van der Waals surface area (Å²) in [5.41, 5.74) is 0.954. The molecule has 180 valence electrons. The maximum Gasteiger partial charge on any atom is 0.303 e. The molecule has 0 spiro atoms. The first-order valence-corrected chi connectivity index (χ1v) is 11.9.